The average molecular weight is 385 g/mol. The number of aromatic nitrogens is 2. The Balaban J connectivity index is 1.45. The van der Waals surface area contributed by atoms with Crippen LogP contribution in [-0.4, -0.2) is 59.9 Å². The van der Waals surface area contributed by atoms with Gasteiger partial charge in [0.25, 0.3) is 0 Å². The van der Waals surface area contributed by atoms with E-state index in [2.05, 4.69) is 66.3 Å². The van der Waals surface area contributed by atoms with Crippen molar-refractivity contribution in [2.45, 2.75) is 46.2 Å². The van der Waals surface area contributed by atoms with E-state index in [1.165, 1.54) is 42.8 Å². The van der Waals surface area contributed by atoms with Crippen molar-refractivity contribution < 1.29 is 4.74 Å². The van der Waals surface area contributed by atoms with Gasteiger partial charge in [-0.05, 0) is 70.3 Å². The summed E-state index contributed by atoms with van der Waals surface area (Å²) in [6, 6.07) is 8.50. The fourth-order valence-corrected chi connectivity index (χ4v) is 4.26. The second-order valence-corrected chi connectivity index (χ2v) is 8.20. The molecule has 2 aromatic rings. The summed E-state index contributed by atoms with van der Waals surface area (Å²) in [6.45, 7) is 11.0. The van der Waals surface area contributed by atoms with Crippen molar-refractivity contribution in [1.82, 2.24) is 19.6 Å². The van der Waals surface area contributed by atoms with Crippen LogP contribution in [0.5, 0.6) is 5.75 Å². The Labute approximate surface area is 170 Å². The number of rotatable bonds is 9. The smallest absolute Gasteiger partial charge is 0.118 e. The van der Waals surface area contributed by atoms with Crippen LogP contribution in [0.2, 0.25) is 0 Å². The third kappa shape index (κ3) is 5.82. The predicted molar refractivity (Wildman–Crippen MR) is 115 cm³/mol. The van der Waals surface area contributed by atoms with Crippen LogP contribution >= 0.6 is 0 Å². The van der Waals surface area contributed by atoms with Gasteiger partial charge in [0, 0.05) is 44.5 Å². The molecule has 3 rings (SSSR count). The number of methoxy groups -OCH3 is 1. The van der Waals surface area contributed by atoms with E-state index in [9.17, 15) is 0 Å². The van der Waals surface area contributed by atoms with Gasteiger partial charge in [0.05, 0.1) is 12.8 Å². The molecule has 0 amide bonds. The third-order valence-electron chi connectivity index (χ3n) is 5.86. The molecule has 0 bridgehead atoms. The van der Waals surface area contributed by atoms with Gasteiger partial charge >= 0.3 is 0 Å². The van der Waals surface area contributed by atoms with Gasteiger partial charge in [0.15, 0.2) is 0 Å². The van der Waals surface area contributed by atoms with Crippen molar-refractivity contribution in [3.05, 3.63) is 47.3 Å². The molecule has 5 heteroatoms. The van der Waals surface area contributed by atoms with Gasteiger partial charge in [-0.3, -0.25) is 4.68 Å². The predicted octanol–water partition coefficient (Wildman–Crippen LogP) is 3.61. The van der Waals surface area contributed by atoms with Gasteiger partial charge in [-0.2, -0.15) is 5.10 Å². The molecule has 28 heavy (non-hydrogen) atoms. The Kier molecular flexibility index (Phi) is 7.51. The normalized spacial score (nSPS) is 18.0. The minimum Gasteiger partial charge on any atom is -0.497 e. The highest BCUT2D eigenvalue weighted by Gasteiger charge is 2.21. The molecule has 5 nitrogen and oxygen atoms in total. The number of aryl methyl sites for hydroxylation is 2. The van der Waals surface area contributed by atoms with Gasteiger partial charge in [-0.25, -0.2) is 0 Å². The van der Waals surface area contributed by atoms with Crippen molar-refractivity contribution in [3.8, 4) is 5.75 Å². The fraction of sp³-hybridized carbons (Fsp3) is 0.609. The molecular formula is C23H36N4O. The lowest BCUT2D eigenvalue weighted by Crippen LogP contribution is -2.40. The summed E-state index contributed by atoms with van der Waals surface area (Å²) < 4.78 is 7.29. The molecule has 0 N–H and O–H groups in total. The molecule has 1 saturated heterocycles. The molecular weight excluding hydrogens is 348 g/mol. The number of nitrogens with zero attached hydrogens (tertiary/aromatic N) is 4. The zero-order valence-corrected chi connectivity index (χ0v) is 18.0. The lowest BCUT2D eigenvalue weighted by molar-refractivity contribution is 0.142. The summed E-state index contributed by atoms with van der Waals surface area (Å²) in [4.78, 5) is 5.12. The Morgan fingerprint density at radius 2 is 2.04 bits per heavy atom. The monoisotopic (exact) mass is 384 g/mol. The zero-order chi connectivity index (χ0) is 19.9. The first-order chi connectivity index (χ1) is 13.6. The number of likely N-dealkylation sites (tertiary alicyclic amines) is 1. The quantitative estimate of drug-likeness (QED) is 0.661. The summed E-state index contributed by atoms with van der Waals surface area (Å²) in [7, 11) is 3.97. The lowest BCUT2D eigenvalue weighted by Gasteiger charge is -2.34. The van der Waals surface area contributed by atoms with E-state index < -0.39 is 0 Å². The Bertz CT molecular complexity index is 725. The topological polar surface area (TPSA) is 33.5 Å². The van der Waals surface area contributed by atoms with E-state index >= 15 is 0 Å². The van der Waals surface area contributed by atoms with Crippen LogP contribution in [0.3, 0.4) is 0 Å². The van der Waals surface area contributed by atoms with Crippen LogP contribution in [0.15, 0.2) is 30.5 Å². The van der Waals surface area contributed by atoms with Crippen LogP contribution in [0, 0.1) is 12.8 Å². The van der Waals surface area contributed by atoms with Gasteiger partial charge < -0.3 is 14.5 Å². The number of ether oxygens (including phenoxy) is 1. The van der Waals surface area contributed by atoms with Crippen LogP contribution in [-0.2, 0) is 19.5 Å². The molecule has 2 heterocycles. The van der Waals surface area contributed by atoms with E-state index in [1.54, 1.807) is 7.11 Å². The Morgan fingerprint density at radius 1 is 1.25 bits per heavy atom. The summed E-state index contributed by atoms with van der Waals surface area (Å²) in [5, 5.41) is 4.58. The molecule has 1 aromatic heterocycles. The van der Waals surface area contributed by atoms with Crippen molar-refractivity contribution >= 4 is 0 Å². The van der Waals surface area contributed by atoms with E-state index in [1.807, 2.05) is 4.68 Å². The van der Waals surface area contributed by atoms with Gasteiger partial charge in [0.2, 0.25) is 0 Å². The molecule has 0 radical (unpaired) electrons. The fourth-order valence-electron chi connectivity index (χ4n) is 4.26. The van der Waals surface area contributed by atoms with Crippen molar-refractivity contribution in [2.24, 2.45) is 5.92 Å². The van der Waals surface area contributed by atoms with E-state index in [4.69, 9.17) is 4.74 Å². The molecule has 1 aliphatic heterocycles. The van der Waals surface area contributed by atoms with Crippen LogP contribution in [0.25, 0.3) is 0 Å². The first-order valence-corrected chi connectivity index (χ1v) is 10.6. The van der Waals surface area contributed by atoms with E-state index in [-0.39, 0.29) is 0 Å². The molecule has 1 aromatic carbocycles. The maximum absolute atomic E-state index is 5.25. The highest BCUT2D eigenvalue weighted by Crippen LogP contribution is 2.20. The Hall–Kier alpha value is -1.85. The molecule has 1 aliphatic rings. The maximum atomic E-state index is 5.25. The summed E-state index contributed by atoms with van der Waals surface area (Å²) in [5.41, 5.74) is 3.92. The highest BCUT2D eigenvalue weighted by atomic mass is 16.5. The standard InChI is InChI=1S/C23H36N4O/c1-5-27-18-22(19(2)24-27)17-25(3)15-21-7-6-13-26(16-21)14-12-20-8-10-23(28-4)11-9-20/h8-11,18,21H,5-7,12-17H2,1-4H3/t21-/m1/s1. The molecule has 0 unspecified atom stereocenters. The third-order valence-corrected chi connectivity index (χ3v) is 5.86. The van der Waals surface area contributed by atoms with E-state index in [0.717, 1.165) is 44.3 Å². The first-order valence-electron chi connectivity index (χ1n) is 10.6. The van der Waals surface area contributed by atoms with Crippen molar-refractivity contribution in [3.63, 3.8) is 0 Å². The van der Waals surface area contributed by atoms with Crippen molar-refractivity contribution in [2.75, 3.05) is 40.3 Å². The second-order valence-electron chi connectivity index (χ2n) is 8.20. The minimum absolute atomic E-state index is 0.760. The summed E-state index contributed by atoms with van der Waals surface area (Å²) >= 11 is 0. The van der Waals surface area contributed by atoms with Crippen LogP contribution in [0.1, 0.15) is 36.6 Å². The highest BCUT2D eigenvalue weighted by molar-refractivity contribution is 5.27. The largest absolute Gasteiger partial charge is 0.497 e. The number of hydrogen-bond donors (Lipinski definition) is 0. The molecule has 1 atom stereocenters. The van der Waals surface area contributed by atoms with Gasteiger partial charge in [-0.1, -0.05) is 12.1 Å². The van der Waals surface area contributed by atoms with E-state index in [0.29, 0.717) is 0 Å². The zero-order valence-electron chi connectivity index (χ0n) is 18.0. The lowest BCUT2D eigenvalue weighted by atomic mass is 9.97. The van der Waals surface area contributed by atoms with Crippen LogP contribution < -0.4 is 4.74 Å². The molecule has 0 aliphatic carbocycles. The number of benzene rings is 1. The SMILES string of the molecule is CCn1cc(CN(C)C[C@H]2CCCN(CCc3ccc(OC)cc3)C2)c(C)n1. The molecule has 154 valence electrons. The Morgan fingerprint density at radius 3 is 2.71 bits per heavy atom. The maximum Gasteiger partial charge on any atom is 0.118 e. The average Bonchev–Trinajstić information content (AvgIpc) is 3.06. The summed E-state index contributed by atoms with van der Waals surface area (Å²) in [6.07, 6.45) is 5.97. The first kappa shape index (κ1) is 20.9. The van der Waals surface area contributed by atoms with Crippen LogP contribution in [0.4, 0.5) is 0 Å². The second kappa shape index (κ2) is 10.1. The van der Waals surface area contributed by atoms with Gasteiger partial charge in [0.1, 0.15) is 5.75 Å². The number of hydrogen-bond acceptors (Lipinski definition) is 4. The number of piperidine rings is 1. The summed E-state index contributed by atoms with van der Waals surface area (Å²) in [5.74, 6) is 1.70. The van der Waals surface area contributed by atoms with Gasteiger partial charge in [-0.15, -0.1) is 0 Å². The van der Waals surface area contributed by atoms with Crippen molar-refractivity contribution in [1.29, 1.82) is 0 Å². The molecule has 0 spiro atoms. The molecule has 0 saturated carbocycles. The minimum atomic E-state index is 0.760. The molecule has 1 fully saturated rings.